The molecule has 1 saturated carbocycles. The molecule has 3 rings (SSSR count). The molecule has 1 aromatic carbocycles. The van der Waals surface area contributed by atoms with Crippen molar-refractivity contribution >= 4 is 11.9 Å². The van der Waals surface area contributed by atoms with Crippen LogP contribution in [0.4, 0.5) is 0 Å². The van der Waals surface area contributed by atoms with Crippen LogP contribution in [0.2, 0.25) is 0 Å². The quantitative estimate of drug-likeness (QED) is 0.857. The first-order chi connectivity index (χ1) is 11.6. The second kappa shape index (κ2) is 7.55. The van der Waals surface area contributed by atoms with Crippen LogP contribution < -0.4 is 14.8 Å². The Balaban J connectivity index is 1.56. The van der Waals surface area contributed by atoms with Gasteiger partial charge in [0.25, 0.3) is 5.91 Å². The van der Waals surface area contributed by atoms with Gasteiger partial charge < -0.3 is 19.5 Å². The zero-order valence-corrected chi connectivity index (χ0v) is 13.9. The maximum absolute atomic E-state index is 12.2. The Labute approximate surface area is 141 Å². The van der Waals surface area contributed by atoms with Crippen molar-refractivity contribution in [2.75, 3.05) is 13.2 Å². The van der Waals surface area contributed by atoms with Crippen molar-refractivity contribution in [1.82, 2.24) is 5.32 Å². The standard InChI is InChI=1S/C18H23NO5/c1-12(17(20)19-14-5-3-2-4-6-14)24-18(21)13-7-8-15-16(11-13)23-10-9-22-15/h7-8,11-12,14H,2-6,9-10H2,1H3,(H,19,20). The molecule has 1 aliphatic heterocycles. The van der Waals surface area contributed by atoms with Gasteiger partial charge in [-0.3, -0.25) is 4.79 Å². The highest BCUT2D eigenvalue weighted by molar-refractivity contribution is 5.92. The smallest absolute Gasteiger partial charge is 0.339 e. The fourth-order valence-corrected chi connectivity index (χ4v) is 3.02. The summed E-state index contributed by atoms with van der Waals surface area (Å²) in [7, 11) is 0. The minimum absolute atomic E-state index is 0.196. The third kappa shape index (κ3) is 3.99. The molecule has 0 aromatic heterocycles. The molecule has 1 fully saturated rings. The molecule has 0 bridgehead atoms. The van der Waals surface area contributed by atoms with E-state index >= 15 is 0 Å². The number of rotatable bonds is 4. The SMILES string of the molecule is CC(OC(=O)c1ccc2c(c1)OCCO2)C(=O)NC1CCCCC1. The zero-order valence-electron chi connectivity index (χ0n) is 13.9. The van der Waals surface area contributed by atoms with Gasteiger partial charge in [-0.1, -0.05) is 19.3 Å². The van der Waals surface area contributed by atoms with Crippen LogP contribution in [0.15, 0.2) is 18.2 Å². The van der Waals surface area contributed by atoms with Gasteiger partial charge in [-0.2, -0.15) is 0 Å². The van der Waals surface area contributed by atoms with Crippen LogP contribution in [0.1, 0.15) is 49.4 Å². The number of hydrogen-bond donors (Lipinski definition) is 1. The summed E-state index contributed by atoms with van der Waals surface area (Å²) in [5, 5.41) is 2.96. The first-order valence-corrected chi connectivity index (χ1v) is 8.54. The second-order valence-corrected chi connectivity index (χ2v) is 6.25. The molecule has 1 heterocycles. The Hall–Kier alpha value is -2.24. The molecule has 0 saturated heterocycles. The number of benzene rings is 1. The molecule has 24 heavy (non-hydrogen) atoms. The van der Waals surface area contributed by atoms with Crippen molar-refractivity contribution < 1.29 is 23.8 Å². The van der Waals surface area contributed by atoms with E-state index in [1.54, 1.807) is 25.1 Å². The van der Waals surface area contributed by atoms with Crippen LogP contribution in [0.25, 0.3) is 0 Å². The molecule has 1 N–H and O–H groups in total. The second-order valence-electron chi connectivity index (χ2n) is 6.25. The van der Waals surface area contributed by atoms with Crippen LogP contribution in [-0.2, 0) is 9.53 Å². The molecule has 1 atom stereocenters. The van der Waals surface area contributed by atoms with Crippen LogP contribution in [0.5, 0.6) is 11.5 Å². The monoisotopic (exact) mass is 333 g/mol. The van der Waals surface area contributed by atoms with E-state index in [0.717, 1.165) is 25.7 Å². The van der Waals surface area contributed by atoms with Crippen LogP contribution in [-0.4, -0.2) is 37.2 Å². The van der Waals surface area contributed by atoms with E-state index in [1.807, 2.05) is 0 Å². The molecular formula is C18H23NO5. The molecule has 2 aliphatic rings. The Morgan fingerprint density at radius 1 is 1.12 bits per heavy atom. The number of amides is 1. The van der Waals surface area contributed by atoms with Gasteiger partial charge in [0.05, 0.1) is 5.56 Å². The third-order valence-corrected chi connectivity index (χ3v) is 4.38. The maximum Gasteiger partial charge on any atom is 0.339 e. The fraction of sp³-hybridized carbons (Fsp3) is 0.556. The summed E-state index contributed by atoms with van der Waals surface area (Å²) in [4.78, 5) is 24.4. The molecule has 1 unspecified atom stereocenters. The van der Waals surface area contributed by atoms with Gasteiger partial charge in [-0.05, 0) is 38.0 Å². The van der Waals surface area contributed by atoms with E-state index < -0.39 is 12.1 Å². The summed E-state index contributed by atoms with van der Waals surface area (Å²) < 4.78 is 16.2. The number of carbonyl (C=O) groups is 2. The van der Waals surface area contributed by atoms with E-state index in [2.05, 4.69) is 5.32 Å². The Kier molecular flexibility index (Phi) is 5.23. The summed E-state index contributed by atoms with van der Waals surface area (Å²) in [6.07, 6.45) is 4.66. The number of hydrogen-bond acceptors (Lipinski definition) is 5. The van der Waals surface area contributed by atoms with Gasteiger partial charge >= 0.3 is 5.97 Å². The lowest BCUT2D eigenvalue weighted by atomic mass is 9.95. The van der Waals surface area contributed by atoms with Gasteiger partial charge in [0.15, 0.2) is 17.6 Å². The Morgan fingerprint density at radius 3 is 2.58 bits per heavy atom. The predicted molar refractivity (Wildman–Crippen MR) is 87.3 cm³/mol. The summed E-state index contributed by atoms with van der Waals surface area (Å²) >= 11 is 0. The largest absolute Gasteiger partial charge is 0.486 e. The summed E-state index contributed by atoms with van der Waals surface area (Å²) in [6, 6.07) is 5.07. The van der Waals surface area contributed by atoms with Crippen molar-refractivity contribution in [3.63, 3.8) is 0 Å². The van der Waals surface area contributed by atoms with Crippen LogP contribution in [0.3, 0.4) is 0 Å². The maximum atomic E-state index is 12.2. The normalized spacial score (nSPS) is 18.5. The van der Waals surface area contributed by atoms with E-state index in [1.165, 1.54) is 6.42 Å². The minimum atomic E-state index is -0.826. The molecule has 0 spiro atoms. The molecule has 1 aliphatic carbocycles. The zero-order chi connectivity index (χ0) is 16.9. The number of carbonyl (C=O) groups excluding carboxylic acids is 2. The fourth-order valence-electron chi connectivity index (χ4n) is 3.02. The highest BCUT2D eigenvalue weighted by Gasteiger charge is 2.23. The highest BCUT2D eigenvalue weighted by atomic mass is 16.6. The molecule has 1 aromatic rings. The molecule has 1 amide bonds. The molecular weight excluding hydrogens is 310 g/mol. The lowest BCUT2D eigenvalue weighted by Crippen LogP contribution is -2.42. The van der Waals surface area contributed by atoms with E-state index in [-0.39, 0.29) is 11.9 Å². The van der Waals surface area contributed by atoms with Crippen molar-refractivity contribution in [1.29, 1.82) is 0 Å². The first-order valence-electron chi connectivity index (χ1n) is 8.54. The molecule has 6 nitrogen and oxygen atoms in total. The van der Waals surface area contributed by atoms with Gasteiger partial charge in [-0.25, -0.2) is 4.79 Å². The van der Waals surface area contributed by atoms with Crippen molar-refractivity contribution in [3.05, 3.63) is 23.8 Å². The van der Waals surface area contributed by atoms with E-state index in [9.17, 15) is 9.59 Å². The lowest BCUT2D eigenvalue weighted by molar-refractivity contribution is -0.130. The highest BCUT2D eigenvalue weighted by Crippen LogP contribution is 2.31. The summed E-state index contributed by atoms with van der Waals surface area (Å²) in [5.41, 5.74) is 0.344. The van der Waals surface area contributed by atoms with Gasteiger partial charge in [0.2, 0.25) is 0 Å². The van der Waals surface area contributed by atoms with Gasteiger partial charge in [0, 0.05) is 6.04 Å². The van der Waals surface area contributed by atoms with E-state index in [0.29, 0.717) is 30.3 Å². The van der Waals surface area contributed by atoms with Crippen LogP contribution in [0, 0.1) is 0 Å². The average molecular weight is 333 g/mol. The lowest BCUT2D eigenvalue weighted by Gasteiger charge is -2.24. The Bertz CT molecular complexity index is 609. The van der Waals surface area contributed by atoms with E-state index in [4.69, 9.17) is 14.2 Å². The number of esters is 1. The minimum Gasteiger partial charge on any atom is -0.486 e. The Morgan fingerprint density at radius 2 is 1.83 bits per heavy atom. The molecule has 0 radical (unpaired) electrons. The topological polar surface area (TPSA) is 73.9 Å². The van der Waals surface area contributed by atoms with Crippen LogP contribution >= 0.6 is 0 Å². The first kappa shape index (κ1) is 16.6. The summed E-state index contributed by atoms with van der Waals surface area (Å²) in [5.74, 6) is 0.349. The van der Waals surface area contributed by atoms with Crippen molar-refractivity contribution in [3.8, 4) is 11.5 Å². The number of fused-ring (bicyclic) bond motifs is 1. The average Bonchev–Trinajstić information content (AvgIpc) is 2.62. The third-order valence-electron chi connectivity index (χ3n) is 4.38. The van der Waals surface area contributed by atoms with Gasteiger partial charge in [0.1, 0.15) is 13.2 Å². The van der Waals surface area contributed by atoms with Gasteiger partial charge in [-0.15, -0.1) is 0 Å². The predicted octanol–water partition coefficient (Wildman–Crippen LogP) is 2.45. The number of nitrogens with one attached hydrogen (secondary N) is 1. The molecule has 130 valence electrons. The summed E-state index contributed by atoms with van der Waals surface area (Å²) in [6.45, 7) is 2.54. The number of ether oxygens (including phenoxy) is 3. The molecule has 6 heteroatoms. The van der Waals surface area contributed by atoms with Crippen molar-refractivity contribution in [2.45, 2.75) is 51.2 Å². The van der Waals surface area contributed by atoms with Crippen molar-refractivity contribution in [2.24, 2.45) is 0 Å².